The van der Waals surface area contributed by atoms with Crippen LogP contribution in [0.15, 0.2) is 12.3 Å². The highest BCUT2D eigenvalue weighted by molar-refractivity contribution is 5.26. The first kappa shape index (κ1) is 15.9. The molecule has 0 aromatic carbocycles. The molecular formula is C15H25FN2O. The first-order chi connectivity index (χ1) is 9.02. The fourth-order valence-electron chi connectivity index (χ4n) is 2.00. The number of pyridine rings is 1. The quantitative estimate of drug-likeness (QED) is 0.732. The summed E-state index contributed by atoms with van der Waals surface area (Å²) in [6.45, 7) is 9.91. The average Bonchev–Trinajstić information content (AvgIpc) is 2.32. The van der Waals surface area contributed by atoms with Crippen LogP contribution in [0.5, 0.6) is 5.88 Å². The lowest BCUT2D eigenvalue weighted by molar-refractivity contribution is 0.183. The van der Waals surface area contributed by atoms with Gasteiger partial charge in [-0.25, -0.2) is 9.37 Å². The van der Waals surface area contributed by atoms with Gasteiger partial charge in [-0.1, -0.05) is 20.8 Å². The average molecular weight is 268 g/mol. The van der Waals surface area contributed by atoms with Gasteiger partial charge in [-0.3, -0.25) is 0 Å². The molecule has 0 bridgehead atoms. The van der Waals surface area contributed by atoms with Gasteiger partial charge in [-0.2, -0.15) is 0 Å². The largest absolute Gasteiger partial charge is 0.474 e. The number of halogens is 1. The van der Waals surface area contributed by atoms with Gasteiger partial charge in [-0.05, 0) is 38.3 Å². The summed E-state index contributed by atoms with van der Waals surface area (Å²) in [4.78, 5) is 4.07. The van der Waals surface area contributed by atoms with Gasteiger partial charge < -0.3 is 10.1 Å². The van der Waals surface area contributed by atoms with Crippen LogP contribution in [0.4, 0.5) is 4.39 Å². The third-order valence-electron chi connectivity index (χ3n) is 2.75. The Hall–Kier alpha value is -1.16. The van der Waals surface area contributed by atoms with Gasteiger partial charge in [0, 0.05) is 12.1 Å². The monoisotopic (exact) mass is 268 g/mol. The van der Waals surface area contributed by atoms with E-state index < -0.39 is 0 Å². The molecule has 1 heterocycles. The molecule has 3 nitrogen and oxygen atoms in total. The van der Waals surface area contributed by atoms with Crippen molar-refractivity contribution in [1.29, 1.82) is 0 Å². The zero-order valence-electron chi connectivity index (χ0n) is 12.4. The molecule has 0 aliphatic heterocycles. The molecule has 1 N–H and O–H groups in total. The molecule has 0 saturated heterocycles. The van der Waals surface area contributed by atoms with Crippen LogP contribution in [0.2, 0.25) is 0 Å². The summed E-state index contributed by atoms with van der Waals surface area (Å²) >= 11 is 0. The topological polar surface area (TPSA) is 34.2 Å². The van der Waals surface area contributed by atoms with Gasteiger partial charge in [0.25, 0.3) is 0 Å². The minimum absolute atomic E-state index is 0.0860. The van der Waals surface area contributed by atoms with Crippen molar-refractivity contribution in [3.63, 3.8) is 0 Å². The van der Waals surface area contributed by atoms with Crippen LogP contribution in [0.25, 0.3) is 0 Å². The predicted molar refractivity (Wildman–Crippen MR) is 75.7 cm³/mol. The summed E-state index contributed by atoms with van der Waals surface area (Å²) in [5.74, 6) is 0.785. The fourth-order valence-corrected chi connectivity index (χ4v) is 2.00. The Balaban J connectivity index is 2.69. The summed E-state index contributed by atoms with van der Waals surface area (Å²) in [5.41, 5.74) is 0.782. The molecule has 108 valence electrons. The summed E-state index contributed by atoms with van der Waals surface area (Å²) in [5, 5.41) is 3.25. The number of nitrogens with zero attached hydrogens (tertiary/aromatic N) is 1. The van der Waals surface area contributed by atoms with Crippen molar-refractivity contribution >= 4 is 0 Å². The van der Waals surface area contributed by atoms with Crippen LogP contribution in [-0.4, -0.2) is 17.6 Å². The molecule has 0 fully saturated rings. The van der Waals surface area contributed by atoms with Crippen molar-refractivity contribution in [3.05, 3.63) is 23.6 Å². The lowest BCUT2D eigenvalue weighted by Crippen LogP contribution is -2.19. The van der Waals surface area contributed by atoms with E-state index in [0.717, 1.165) is 24.9 Å². The minimum atomic E-state index is -0.322. The molecular weight excluding hydrogens is 243 g/mol. The first-order valence-corrected chi connectivity index (χ1v) is 7.04. The maximum absolute atomic E-state index is 13.3. The molecule has 0 aliphatic carbocycles. The van der Waals surface area contributed by atoms with Crippen LogP contribution in [-0.2, 0) is 6.54 Å². The Kier molecular flexibility index (Phi) is 6.78. The van der Waals surface area contributed by atoms with Crippen molar-refractivity contribution in [2.24, 2.45) is 5.92 Å². The SMILES string of the molecule is CCCNCc1cc(F)cnc1OC(C)CC(C)C. The lowest BCUT2D eigenvalue weighted by Gasteiger charge is -2.18. The van der Waals surface area contributed by atoms with Crippen molar-refractivity contribution < 1.29 is 9.13 Å². The summed E-state index contributed by atoms with van der Waals surface area (Å²) < 4.78 is 19.1. The molecule has 0 aliphatic rings. The zero-order chi connectivity index (χ0) is 14.3. The van der Waals surface area contributed by atoms with Gasteiger partial charge in [0.05, 0.1) is 12.3 Å². The summed E-state index contributed by atoms with van der Waals surface area (Å²) in [6.07, 6.45) is 3.30. The normalized spacial score (nSPS) is 12.7. The van der Waals surface area contributed by atoms with E-state index in [1.165, 1.54) is 12.3 Å². The van der Waals surface area contributed by atoms with Crippen molar-refractivity contribution in [3.8, 4) is 5.88 Å². The Morgan fingerprint density at radius 1 is 1.37 bits per heavy atom. The molecule has 1 aromatic rings. The van der Waals surface area contributed by atoms with Gasteiger partial charge in [-0.15, -0.1) is 0 Å². The summed E-state index contributed by atoms with van der Waals surface area (Å²) in [7, 11) is 0. The van der Waals surface area contributed by atoms with Crippen LogP contribution in [0.1, 0.15) is 46.1 Å². The van der Waals surface area contributed by atoms with Crippen LogP contribution in [0.3, 0.4) is 0 Å². The second kappa shape index (κ2) is 8.10. The summed E-state index contributed by atoms with van der Waals surface area (Å²) in [6, 6.07) is 1.49. The van der Waals surface area contributed by atoms with Crippen LogP contribution < -0.4 is 10.1 Å². The highest BCUT2D eigenvalue weighted by Crippen LogP contribution is 2.19. The Morgan fingerprint density at radius 2 is 2.11 bits per heavy atom. The molecule has 1 aromatic heterocycles. The third kappa shape index (κ3) is 6.01. The van der Waals surface area contributed by atoms with Gasteiger partial charge in [0.15, 0.2) is 0 Å². The van der Waals surface area contributed by atoms with Crippen molar-refractivity contribution in [2.75, 3.05) is 6.54 Å². The van der Waals surface area contributed by atoms with Crippen LogP contribution in [0, 0.1) is 11.7 Å². The number of ether oxygens (including phenoxy) is 1. The maximum Gasteiger partial charge on any atom is 0.218 e. The number of nitrogens with one attached hydrogen (secondary N) is 1. The molecule has 19 heavy (non-hydrogen) atoms. The fraction of sp³-hybridized carbons (Fsp3) is 0.667. The third-order valence-corrected chi connectivity index (χ3v) is 2.75. The first-order valence-electron chi connectivity index (χ1n) is 7.04. The Morgan fingerprint density at radius 3 is 2.74 bits per heavy atom. The van der Waals surface area contributed by atoms with Gasteiger partial charge in [0.2, 0.25) is 5.88 Å². The van der Waals surface area contributed by atoms with Crippen molar-refractivity contribution in [1.82, 2.24) is 10.3 Å². The molecule has 4 heteroatoms. The van der Waals surface area contributed by atoms with E-state index in [0.29, 0.717) is 18.3 Å². The van der Waals surface area contributed by atoms with E-state index >= 15 is 0 Å². The van der Waals surface area contributed by atoms with E-state index in [1.807, 2.05) is 6.92 Å². The highest BCUT2D eigenvalue weighted by atomic mass is 19.1. The lowest BCUT2D eigenvalue weighted by atomic mass is 10.1. The predicted octanol–water partition coefficient (Wildman–Crippen LogP) is 3.53. The molecule has 1 atom stereocenters. The number of hydrogen-bond acceptors (Lipinski definition) is 3. The second-order valence-corrected chi connectivity index (χ2v) is 5.35. The van der Waals surface area contributed by atoms with Crippen molar-refractivity contribution in [2.45, 2.75) is 53.2 Å². The maximum atomic E-state index is 13.3. The molecule has 1 rings (SSSR count). The van der Waals surface area contributed by atoms with E-state index in [2.05, 4.69) is 31.1 Å². The Bertz CT molecular complexity index is 382. The Labute approximate surface area is 115 Å². The van der Waals surface area contributed by atoms with E-state index in [9.17, 15) is 4.39 Å². The van der Waals surface area contributed by atoms with E-state index in [4.69, 9.17) is 4.74 Å². The number of rotatable bonds is 8. The molecule has 0 amide bonds. The van der Waals surface area contributed by atoms with Gasteiger partial charge >= 0.3 is 0 Å². The highest BCUT2D eigenvalue weighted by Gasteiger charge is 2.12. The number of hydrogen-bond donors (Lipinski definition) is 1. The molecule has 0 radical (unpaired) electrons. The molecule has 0 saturated carbocycles. The zero-order valence-corrected chi connectivity index (χ0v) is 12.4. The van der Waals surface area contributed by atoms with Gasteiger partial charge in [0.1, 0.15) is 5.82 Å². The van der Waals surface area contributed by atoms with Crippen LogP contribution >= 0.6 is 0 Å². The van der Waals surface area contributed by atoms with E-state index in [1.54, 1.807) is 0 Å². The minimum Gasteiger partial charge on any atom is -0.474 e. The second-order valence-electron chi connectivity index (χ2n) is 5.35. The smallest absolute Gasteiger partial charge is 0.218 e. The molecule has 0 spiro atoms. The molecule has 1 unspecified atom stereocenters. The number of aromatic nitrogens is 1. The van der Waals surface area contributed by atoms with E-state index in [-0.39, 0.29) is 11.9 Å². The standard InChI is InChI=1S/C15H25FN2O/c1-5-6-17-9-13-8-14(16)10-18-15(13)19-12(4)7-11(2)3/h8,10-12,17H,5-7,9H2,1-4H3.